The molecule has 0 bridgehead atoms. The molecule has 3 fully saturated rings. The van der Waals surface area contributed by atoms with E-state index in [1.54, 1.807) is 0 Å². The summed E-state index contributed by atoms with van der Waals surface area (Å²) in [5, 5.41) is 0. The molecule has 43 heavy (non-hydrogen) atoms. The number of unbranched alkanes of at least 4 members (excludes halogenated alkanes) is 1. The third kappa shape index (κ3) is 7.77. The molecule has 1 heterocycles. The van der Waals surface area contributed by atoms with E-state index in [1.807, 2.05) is 12.1 Å². The number of rotatable bonds is 9. The summed E-state index contributed by atoms with van der Waals surface area (Å²) in [6, 6.07) is 6.14. The van der Waals surface area contributed by atoms with Crippen LogP contribution in [-0.4, -0.2) is 19.3 Å². The van der Waals surface area contributed by atoms with Crippen molar-refractivity contribution in [1.82, 2.24) is 0 Å². The average Bonchev–Trinajstić information content (AvgIpc) is 3.00. The normalized spacial score (nSPS) is 28.7. The van der Waals surface area contributed by atoms with Gasteiger partial charge in [0, 0.05) is 23.6 Å². The molecular formula is C34H40F6O3. The fourth-order valence-corrected chi connectivity index (χ4v) is 6.96. The molecule has 0 radical (unpaired) electrons. The lowest BCUT2D eigenvalue weighted by Crippen LogP contribution is -2.38. The molecule has 0 N–H and O–H groups in total. The first kappa shape index (κ1) is 31.9. The van der Waals surface area contributed by atoms with E-state index in [-0.39, 0.29) is 30.5 Å². The van der Waals surface area contributed by atoms with Crippen molar-refractivity contribution < 1.29 is 40.6 Å². The Morgan fingerprint density at radius 3 is 2.00 bits per heavy atom. The van der Waals surface area contributed by atoms with E-state index in [4.69, 9.17) is 9.47 Å². The molecule has 1 saturated heterocycles. The summed E-state index contributed by atoms with van der Waals surface area (Å²) in [5.41, 5.74) is 1.38. The Labute approximate surface area is 249 Å². The smallest absolute Gasteiger partial charge is 0.400 e. The van der Waals surface area contributed by atoms with Crippen LogP contribution >= 0.6 is 0 Å². The second-order valence-electron chi connectivity index (χ2n) is 12.3. The third-order valence-electron chi connectivity index (χ3n) is 9.42. The highest BCUT2D eigenvalue weighted by molar-refractivity contribution is 5.29. The molecule has 0 spiro atoms. The monoisotopic (exact) mass is 610 g/mol. The van der Waals surface area contributed by atoms with Crippen LogP contribution in [-0.2, 0) is 9.47 Å². The van der Waals surface area contributed by atoms with Crippen molar-refractivity contribution in [2.24, 2.45) is 23.7 Å². The fourth-order valence-electron chi connectivity index (χ4n) is 6.96. The van der Waals surface area contributed by atoms with Crippen LogP contribution in [0.4, 0.5) is 26.3 Å². The van der Waals surface area contributed by atoms with Crippen molar-refractivity contribution in [2.45, 2.75) is 89.4 Å². The van der Waals surface area contributed by atoms with Gasteiger partial charge in [0.05, 0.1) is 19.1 Å². The van der Waals surface area contributed by atoms with Gasteiger partial charge in [-0.2, -0.15) is 8.78 Å². The molecule has 2 saturated carbocycles. The zero-order valence-corrected chi connectivity index (χ0v) is 24.5. The van der Waals surface area contributed by atoms with Gasteiger partial charge >= 0.3 is 6.11 Å². The summed E-state index contributed by atoms with van der Waals surface area (Å²) in [6.07, 6.45) is 7.34. The van der Waals surface area contributed by atoms with Crippen molar-refractivity contribution >= 4 is 0 Å². The summed E-state index contributed by atoms with van der Waals surface area (Å²) < 4.78 is 101. The van der Waals surface area contributed by atoms with Crippen LogP contribution in [0.25, 0.3) is 0 Å². The van der Waals surface area contributed by atoms with Crippen LogP contribution in [0.3, 0.4) is 0 Å². The van der Waals surface area contributed by atoms with Gasteiger partial charge in [0.25, 0.3) is 0 Å². The van der Waals surface area contributed by atoms with Gasteiger partial charge in [0.1, 0.15) is 11.6 Å². The van der Waals surface area contributed by atoms with Gasteiger partial charge in [0.15, 0.2) is 23.7 Å². The largest absolute Gasteiger partial charge is 0.432 e. The first-order valence-electron chi connectivity index (χ1n) is 15.5. The Kier molecular flexibility index (Phi) is 10.4. The van der Waals surface area contributed by atoms with Gasteiger partial charge in [-0.15, -0.1) is 0 Å². The first-order valence-corrected chi connectivity index (χ1v) is 15.5. The SMILES string of the molecule is CCC/C=C/C1COC(c2ccc(C3CCC(C4CCC(C(F)(F)Oc5cc(F)c(F)c(F)c5)CC4)CC3)c(F)c2)OC1. The molecule has 5 rings (SSSR count). The number of benzene rings is 2. The first-order chi connectivity index (χ1) is 20.6. The summed E-state index contributed by atoms with van der Waals surface area (Å²) in [6.45, 7) is 3.21. The van der Waals surface area contributed by atoms with Crippen molar-refractivity contribution in [3.8, 4) is 5.75 Å². The minimum atomic E-state index is -3.62. The highest BCUT2D eigenvalue weighted by Crippen LogP contribution is 2.47. The molecule has 0 unspecified atom stereocenters. The van der Waals surface area contributed by atoms with Crippen LogP contribution in [0.15, 0.2) is 42.5 Å². The molecule has 2 aromatic rings. The zero-order valence-electron chi connectivity index (χ0n) is 24.5. The van der Waals surface area contributed by atoms with Crippen LogP contribution in [0.1, 0.15) is 94.5 Å². The van der Waals surface area contributed by atoms with Crippen LogP contribution in [0, 0.1) is 46.9 Å². The second-order valence-corrected chi connectivity index (χ2v) is 12.3. The van der Waals surface area contributed by atoms with Crippen molar-refractivity contribution in [3.05, 3.63) is 76.9 Å². The maximum atomic E-state index is 15.2. The van der Waals surface area contributed by atoms with E-state index >= 15 is 4.39 Å². The lowest BCUT2D eigenvalue weighted by Gasteiger charge is -2.39. The Hall–Kier alpha value is -2.52. The van der Waals surface area contributed by atoms with E-state index in [2.05, 4.69) is 23.8 Å². The van der Waals surface area contributed by atoms with Crippen LogP contribution in [0.5, 0.6) is 5.75 Å². The third-order valence-corrected chi connectivity index (χ3v) is 9.42. The summed E-state index contributed by atoms with van der Waals surface area (Å²) >= 11 is 0. The van der Waals surface area contributed by atoms with Gasteiger partial charge in [-0.05, 0) is 87.2 Å². The molecule has 236 valence electrons. The number of ether oxygens (including phenoxy) is 3. The fraction of sp³-hybridized carbons (Fsp3) is 0.588. The molecule has 0 amide bonds. The topological polar surface area (TPSA) is 27.7 Å². The molecule has 3 nitrogen and oxygen atoms in total. The predicted octanol–water partition coefficient (Wildman–Crippen LogP) is 10.0. The predicted molar refractivity (Wildman–Crippen MR) is 151 cm³/mol. The van der Waals surface area contributed by atoms with E-state index in [9.17, 15) is 22.0 Å². The van der Waals surface area contributed by atoms with Gasteiger partial charge in [-0.25, -0.2) is 17.6 Å². The highest BCUT2D eigenvalue weighted by atomic mass is 19.3. The van der Waals surface area contributed by atoms with E-state index in [1.165, 1.54) is 6.07 Å². The molecule has 0 aromatic heterocycles. The Bertz CT molecular complexity index is 1220. The summed E-state index contributed by atoms with van der Waals surface area (Å²) in [4.78, 5) is 0. The van der Waals surface area contributed by atoms with Crippen LogP contribution < -0.4 is 4.74 Å². The standard InChI is InChI=1S/C34H40F6O3/c1-2-3-4-5-21-19-41-33(42-20-21)25-12-15-28(29(35)16-25)24-8-6-22(7-9-24)23-10-13-26(14-11-23)34(39,40)43-27-17-30(36)32(38)31(37)18-27/h4-5,12,15-18,21-24,26,33H,2-3,6-11,13-14,19-20H2,1H3/b5-4+. The summed E-state index contributed by atoms with van der Waals surface area (Å²) in [7, 11) is 0. The Balaban J connectivity index is 1.08. The molecule has 3 aliphatic rings. The number of alkyl halides is 2. The molecule has 1 aliphatic heterocycles. The minimum Gasteiger partial charge on any atom is -0.432 e. The van der Waals surface area contributed by atoms with Gasteiger partial charge in [-0.3, -0.25) is 0 Å². The zero-order chi connectivity index (χ0) is 30.6. The average molecular weight is 611 g/mol. The molecule has 0 atom stereocenters. The van der Waals surface area contributed by atoms with E-state index < -0.39 is 41.5 Å². The van der Waals surface area contributed by atoms with Crippen LogP contribution in [0.2, 0.25) is 0 Å². The summed E-state index contributed by atoms with van der Waals surface area (Å²) in [5.74, 6) is -5.94. The van der Waals surface area contributed by atoms with Crippen molar-refractivity contribution in [2.75, 3.05) is 13.2 Å². The maximum Gasteiger partial charge on any atom is 0.400 e. The second kappa shape index (κ2) is 14.1. The van der Waals surface area contributed by atoms with Crippen molar-refractivity contribution in [3.63, 3.8) is 0 Å². The van der Waals surface area contributed by atoms with E-state index in [0.717, 1.165) is 38.5 Å². The highest BCUT2D eigenvalue weighted by Gasteiger charge is 2.45. The number of halogens is 6. The van der Waals surface area contributed by atoms with Gasteiger partial charge in [0.2, 0.25) is 0 Å². The Morgan fingerprint density at radius 1 is 0.814 bits per heavy atom. The van der Waals surface area contributed by atoms with E-state index in [0.29, 0.717) is 61.2 Å². The van der Waals surface area contributed by atoms with Gasteiger partial charge < -0.3 is 14.2 Å². The quantitative estimate of drug-likeness (QED) is 0.161. The Morgan fingerprint density at radius 2 is 1.42 bits per heavy atom. The number of hydrogen-bond acceptors (Lipinski definition) is 3. The molecular weight excluding hydrogens is 570 g/mol. The molecule has 2 aliphatic carbocycles. The number of hydrogen-bond donors (Lipinski definition) is 0. The lowest BCUT2D eigenvalue weighted by molar-refractivity contribution is -0.224. The van der Waals surface area contributed by atoms with Crippen molar-refractivity contribution in [1.29, 1.82) is 0 Å². The van der Waals surface area contributed by atoms with Gasteiger partial charge in [-0.1, -0.05) is 37.6 Å². The number of allylic oxidation sites excluding steroid dienone is 1. The molecule has 9 heteroatoms. The maximum absolute atomic E-state index is 15.2. The minimum absolute atomic E-state index is 0.108. The molecule has 2 aromatic carbocycles. The lowest BCUT2D eigenvalue weighted by atomic mass is 9.68.